The lowest BCUT2D eigenvalue weighted by Crippen LogP contribution is -2.34. The number of aliphatic hydroxyl groups is 1. The van der Waals surface area contributed by atoms with E-state index in [2.05, 4.69) is 4.72 Å². The van der Waals surface area contributed by atoms with E-state index in [1.165, 1.54) is 6.08 Å². The summed E-state index contributed by atoms with van der Waals surface area (Å²) in [5.74, 6) is 0.0683. The molecule has 0 aromatic heterocycles. The van der Waals surface area contributed by atoms with Crippen molar-refractivity contribution in [3.05, 3.63) is 40.8 Å². The first-order chi connectivity index (χ1) is 9.34. The van der Waals surface area contributed by atoms with E-state index < -0.39 is 16.1 Å². The lowest BCUT2D eigenvalue weighted by molar-refractivity contribution is 0.119. The van der Waals surface area contributed by atoms with Crippen LogP contribution in [0.25, 0.3) is 6.08 Å². The smallest absolute Gasteiger partial charge is 0.233 e. The SMILES string of the molecule is CCC(C)C(O)CNS(=O)(=O)/C=C/c1ccc(C)cc1. The van der Waals surface area contributed by atoms with Gasteiger partial charge in [0.2, 0.25) is 10.0 Å². The molecule has 0 aliphatic rings. The summed E-state index contributed by atoms with van der Waals surface area (Å²) in [6.07, 6.45) is 1.68. The highest BCUT2D eigenvalue weighted by molar-refractivity contribution is 7.92. The predicted molar refractivity (Wildman–Crippen MR) is 82.6 cm³/mol. The molecule has 1 aromatic carbocycles. The standard InChI is InChI=1S/C15H23NO3S/c1-4-13(3)15(17)11-16-20(18,19)10-9-14-7-5-12(2)6-8-14/h5-10,13,15-17H,4,11H2,1-3H3/b10-9+. The maximum Gasteiger partial charge on any atom is 0.233 e. The van der Waals surface area contributed by atoms with Crippen molar-refractivity contribution < 1.29 is 13.5 Å². The Morgan fingerprint density at radius 2 is 1.90 bits per heavy atom. The number of benzene rings is 1. The molecule has 20 heavy (non-hydrogen) atoms. The van der Waals surface area contributed by atoms with Gasteiger partial charge in [-0.15, -0.1) is 0 Å². The van der Waals surface area contributed by atoms with Crippen molar-refractivity contribution in [2.24, 2.45) is 5.92 Å². The Bertz CT molecular complexity index is 535. The van der Waals surface area contributed by atoms with Crippen LogP contribution < -0.4 is 4.72 Å². The molecule has 0 radical (unpaired) electrons. The zero-order chi connectivity index (χ0) is 15.2. The van der Waals surface area contributed by atoms with E-state index in [-0.39, 0.29) is 12.5 Å². The average molecular weight is 297 g/mol. The second-order valence-corrected chi connectivity index (χ2v) is 6.71. The van der Waals surface area contributed by atoms with E-state index in [9.17, 15) is 13.5 Å². The van der Waals surface area contributed by atoms with Crippen LogP contribution in [0.15, 0.2) is 29.7 Å². The van der Waals surface area contributed by atoms with Crippen LogP contribution >= 0.6 is 0 Å². The van der Waals surface area contributed by atoms with Gasteiger partial charge in [-0.25, -0.2) is 13.1 Å². The van der Waals surface area contributed by atoms with Crippen LogP contribution in [0.2, 0.25) is 0 Å². The van der Waals surface area contributed by atoms with Gasteiger partial charge in [0, 0.05) is 12.0 Å². The summed E-state index contributed by atoms with van der Waals surface area (Å²) in [6.45, 7) is 5.86. The quantitative estimate of drug-likeness (QED) is 0.811. The summed E-state index contributed by atoms with van der Waals surface area (Å²) in [4.78, 5) is 0. The van der Waals surface area contributed by atoms with E-state index in [4.69, 9.17) is 0 Å². The molecule has 0 amide bonds. The van der Waals surface area contributed by atoms with Crippen LogP contribution in [0, 0.1) is 12.8 Å². The van der Waals surface area contributed by atoms with Gasteiger partial charge in [-0.2, -0.15) is 0 Å². The van der Waals surface area contributed by atoms with Crippen molar-refractivity contribution in [2.45, 2.75) is 33.3 Å². The third-order valence-electron chi connectivity index (χ3n) is 3.31. The molecule has 0 heterocycles. The van der Waals surface area contributed by atoms with Gasteiger partial charge in [0.15, 0.2) is 0 Å². The fraction of sp³-hybridized carbons (Fsp3) is 0.467. The molecule has 112 valence electrons. The third-order valence-corrected chi connectivity index (χ3v) is 4.37. The molecule has 0 aliphatic carbocycles. The predicted octanol–water partition coefficient (Wildman–Crippen LogP) is 2.29. The average Bonchev–Trinajstić information content (AvgIpc) is 2.43. The Morgan fingerprint density at radius 3 is 2.45 bits per heavy atom. The summed E-state index contributed by atoms with van der Waals surface area (Å²) in [6, 6.07) is 7.56. The van der Waals surface area contributed by atoms with Crippen LogP contribution in [-0.4, -0.2) is 26.2 Å². The molecule has 2 atom stereocenters. The highest BCUT2D eigenvalue weighted by Crippen LogP contribution is 2.08. The van der Waals surface area contributed by atoms with E-state index in [1.54, 1.807) is 0 Å². The van der Waals surface area contributed by atoms with Crippen LogP contribution in [-0.2, 0) is 10.0 Å². The maximum atomic E-state index is 11.8. The van der Waals surface area contributed by atoms with Crippen molar-refractivity contribution >= 4 is 16.1 Å². The number of sulfonamides is 1. The maximum absolute atomic E-state index is 11.8. The molecule has 0 saturated heterocycles. The van der Waals surface area contributed by atoms with Gasteiger partial charge in [0.1, 0.15) is 0 Å². The fourth-order valence-corrected chi connectivity index (χ4v) is 2.40. The Hall–Kier alpha value is -1.17. The number of aliphatic hydroxyl groups excluding tert-OH is 1. The summed E-state index contributed by atoms with van der Waals surface area (Å²) in [7, 11) is -3.52. The molecule has 1 aromatic rings. The van der Waals surface area contributed by atoms with Crippen molar-refractivity contribution in [1.29, 1.82) is 0 Å². The first-order valence-corrected chi connectivity index (χ1v) is 8.31. The molecular formula is C15H23NO3S. The minimum absolute atomic E-state index is 0.0373. The second kappa shape index (κ2) is 7.57. The van der Waals surface area contributed by atoms with Crippen molar-refractivity contribution in [2.75, 3.05) is 6.54 Å². The van der Waals surface area contributed by atoms with Gasteiger partial charge < -0.3 is 5.11 Å². The third kappa shape index (κ3) is 5.86. The van der Waals surface area contributed by atoms with Crippen molar-refractivity contribution in [3.8, 4) is 0 Å². The van der Waals surface area contributed by atoms with Crippen LogP contribution in [0.3, 0.4) is 0 Å². The summed E-state index contributed by atoms with van der Waals surface area (Å²) in [5.41, 5.74) is 1.95. The number of rotatable bonds is 7. The minimum Gasteiger partial charge on any atom is -0.391 e. The van der Waals surface area contributed by atoms with E-state index in [1.807, 2.05) is 45.0 Å². The molecule has 5 heteroatoms. The van der Waals surface area contributed by atoms with Gasteiger partial charge in [-0.05, 0) is 24.5 Å². The zero-order valence-corrected chi connectivity index (χ0v) is 13.0. The summed E-state index contributed by atoms with van der Waals surface area (Å²) < 4.78 is 25.9. The van der Waals surface area contributed by atoms with Gasteiger partial charge in [-0.3, -0.25) is 0 Å². The lowest BCUT2D eigenvalue weighted by Gasteiger charge is -2.16. The molecule has 0 saturated carbocycles. The van der Waals surface area contributed by atoms with Gasteiger partial charge in [-0.1, -0.05) is 50.1 Å². The highest BCUT2D eigenvalue weighted by atomic mass is 32.2. The summed E-state index contributed by atoms with van der Waals surface area (Å²) in [5, 5.41) is 10.9. The van der Waals surface area contributed by atoms with Crippen molar-refractivity contribution in [3.63, 3.8) is 0 Å². The normalized spacial score (nSPS) is 15.4. The summed E-state index contributed by atoms with van der Waals surface area (Å²) >= 11 is 0. The molecule has 4 nitrogen and oxygen atoms in total. The first-order valence-electron chi connectivity index (χ1n) is 6.76. The Morgan fingerprint density at radius 1 is 1.30 bits per heavy atom. The molecular weight excluding hydrogens is 274 g/mol. The minimum atomic E-state index is -3.52. The Labute approximate surface area is 121 Å². The number of hydrogen-bond acceptors (Lipinski definition) is 3. The molecule has 0 fully saturated rings. The molecule has 0 bridgehead atoms. The van der Waals surface area contributed by atoms with Crippen LogP contribution in [0.4, 0.5) is 0 Å². The second-order valence-electron chi connectivity index (χ2n) is 5.06. The van der Waals surface area contributed by atoms with Gasteiger partial charge in [0.25, 0.3) is 0 Å². The largest absolute Gasteiger partial charge is 0.391 e. The molecule has 1 rings (SSSR count). The van der Waals surface area contributed by atoms with Crippen LogP contribution in [0.1, 0.15) is 31.4 Å². The van der Waals surface area contributed by atoms with Gasteiger partial charge >= 0.3 is 0 Å². The number of nitrogens with one attached hydrogen (secondary N) is 1. The van der Waals surface area contributed by atoms with E-state index in [0.717, 1.165) is 23.0 Å². The monoisotopic (exact) mass is 297 g/mol. The fourth-order valence-electron chi connectivity index (χ4n) is 1.57. The number of hydrogen-bond donors (Lipinski definition) is 2. The topological polar surface area (TPSA) is 66.4 Å². The number of aryl methyl sites for hydroxylation is 1. The Balaban J connectivity index is 2.59. The van der Waals surface area contributed by atoms with E-state index in [0.29, 0.717) is 0 Å². The molecule has 2 N–H and O–H groups in total. The molecule has 0 spiro atoms. The van der Waals surface area contributed by atoms with E-state index >= 15 is 0 Å². The van der Waals surface area contributed by atoms with Crippen molar-refractivity contribution in [1.82, 2.24) is 4.72 Å². The highest BCUT2D eigenvalue weighted by Gasteiger charge is 2.14. The van der Waals surface area contributed by atoms with Crippen LogP contribution in [0.5, 0.6) is 0 Å². The first kappa shape index (κ1) is 16.9. The zero-order valence-electron chi connectivity index (χ0n) is 12.2. The molecule has 2 unspecified atom stereocenters. The lowest BCUT2D eigenvalue weighted by atomic mass is 10.0. The molecule has 0 aliphatic heterocycles. The van der Waals surface area contributed by atoms with Gasteiger partial charge in [0.05, 0.1) is 6.10 Å². The Kier molecular flexibility index (Phi) is 6.39.